The van der Waals surface area contributed by atoms with Gasteiger partial charge < -0.3 is 10.8 Å². The molecular formula is C4H9N4O2+. The first-order chi connectivity index (χ1) is 4.83. The third-order valence-electron chi connectivity index (χ3n) is 0.869. The van der Waals surface area contributed by atoms with Gasteiger partial charge in [-0.3, -0.25) is 4.52 Å². The Bertz CT molecular complexity index is 199. The molecule has 0 fully saturated rings. The number of aliphatic hydroxyl groups excluding tert-OH is 1. The number of nitrogens with zero attached hydrogens (tertiary/aromatic N) is 2. The van der Waals surface area contributed by atoms with Crippen LogP contribution in [0.1, 0.15) is 0 Å². The van der Waals surface area contributed by atoms with E-state index in [2.05, 4.69) is 15.2 Å². The van der Waals surface area contributed by atoms with Crippen LogP contribution >= 0.6 is 0 Å². The van der Waals surface area contributed by atoms with Gasteiger partial charge >= 0.3 is 0 Å². The minimum Gasteiger partial charge on any atom is -0.394 e. The molecule has 0 aliphatic carbocycles. The molecule has 0 aromatic carbocycles. The van der Waals surface area contributed by atoms with Crippen molar-refractivity contribution in [3.63, 3.8) is 0 Å². The molecule has 10 heavy (non-hydrogen) atoms. The average Bonchev–Trinajstić information content (AvgIpc) is 2.31. The highest BCUT2D eigenvalue weighted by atomic mass is 16.5. The maximum atomic E-state index is 8.37. The Kier molecular flexibility index (Phi) is 2.06. The largest absolute Gasteiger partial charge is 0.394 e. The first-order valence-electron chi connectivity index (χ1n) is 2.82. The number of anilines is 1. The second kappa shape index (κ2) is 3.02. The minimum atomic E-state index is 0.0414. The van der Waals surface area contributed by atoms with Crippen LogP contribution in [-0.4, -0.2) is 23.5 Å². The number of nitrogens with two attached hydrogens (primary N) is 1. The van der Waals surface area contributed by atoms with Crippen LogP contribution in [0.2, 0.25) is 0 Å². The fourth-order valence-electron chi connectivity index (χ4n) is 0.498. The van der Waals surface area contributed by atoms with E-state index in [4.69, 9.17) is 10.8 Å². The summed E-state index contributed by atoms with van der Waals surface area (Å²) in [5.74, 6) is 0.227. The molecule has 0 spiro atoms. The molecule has 56 valence electrons. The van der Waals surface area contributed by atoms with Gasteiger partial charge in [0.25, 0.3) is 12.1 Å². The normalized spacial score (nSPS) is 9.70. The maximum absolute atomic E-state index is 8.37. The second-order valence-electron chi connectivity index (χ2n) is 1.68. The summed E-state index contributed by atoms with van der Waals surface area (Å²) in [5, 5.41) is 11.8. The molecule has 6 nitrogen and oxygen atoms in total. The lowest BCUT2D eigenvalue weighted by atomic mass is 10.7. The molecule has 0 aliphatic heterocycles. The summed E-state index contributed by atoms with van der Waals surface area (Å²) in [6.45, 7) is 0.455. The van der Waals surface area contributed by atoms with Crippen molar-refractivity contribution in [3.8, 4) is 0 Å². The van der Waals surface area contributed by atoms with Gasteiger partial charge in [0.1, 0.15) is 0 Å². The average molecular weight is 145 g/mol. The van der Waals surface area contributed by atoms with Gasteiger partial charge in [-0.1, -0.05) is 0 Å². The molecule has 0 saturated carbocycles. The van der Waals surface area contributed by atoms with Crippen molar-refractivity contribution in [1.82, 2.24) is 5.27 Å². The number of aromatic nitrogens is 2. The third kappa shape index (κ3) is 1.59. The predicted octanol–water partition coefficient (Wildman–Crippen LogP) is -1.92. The Hall–Kier alpha value is -1.30. The van der Waals surface area contributed by atoms with Crippen molar-refractivity contribution in [3.05, 3.63) is 6.20 Å². The lowest BCUT2D eigenvalue weighted by Gasteiger charge is -1.86. The van der Waals surface area contributed by atoms with E-state index in [1.54, 1.807) is 0 Å². The lowest BCUT2D eigenvalue weighted by molar-refractivity contribution is -0.719. The van der Waals surface area contributed by atoms with Crippen molar-refractivity contribution >= 4 is 5.88 Å². The quantitative estimate of drug-likeness (QED) is 0.431. The molecular weight excluding hydrogens is 136 g/mol. The predicted molar refractivity (Wildman–Crippen MR) is 32.4 cm³/mol. The second-order valence-corrected chi connectivity index (χ2v) is 1.68. The van der Waals surface area contributed by atoms with Crippen LogP contribution in [0.15, 0.2) is 10.7 Å². The summed E-state index contributed by atoms with van der Waals surface area (Å²) >= 11 is 0. The zero-order valence-corrected chi connectivity index (χ0v) is 5.32. The molecule has 1 aromatic rings. The van der Waals surface area contributed by atoms with Gasteiger partial charge in [-0.15, -0.1) is 0 Å². The summed E-state index contributed by atoms with van der Waals surface area (Å²) < 4.78 is 4.51. The molecule has 6 heteroatoms. The van der Waals surface area contributed by atoms with Crippen LogP contribution in [0.4, 0.5) is 5.88 Å². The molecule has 0 aliphatic rings. The van der Waals surface area contributed by atoms with Gasteiger partial charge in [-0.2, -0.15) is 5.43 Å². The van der Waals surface area contributed by atoms with Crippen LogP contribution in [0, 0.1) is 0 Å². The summed E-state index contributed by atoms with van der Waals surface area (Å²) in [6.07, 6.45) is 1.47. The topological polar surface area (TPSA) is 88.2 Å². The van der Waals surface area contributed by atoms with Gasteiger partial charge in [0.15, 0.2) is 0 Å². The molecule has 1 rings (SSSR count). The molecule has 0 bridgehead atoms. The van der Waals surface area contributed by atoms with Crippen molar-refractivity contribution in [2.45, 2.75) is 0 Å². The molecule has 1 heterocycles. The SMILES string of the molecule is Nc1c[n+](NCCO)no1. The summed E-state index contributed by atoms with van der Waals surface area (Å²) in [6, 6.07) is 0. The van der Waals surface area contributed by atoms with Crippen LogP contribution in [0.25, 0.3) is 0 Å². The van der Waals surface area contributed by atoms with Crippen molar-refractivity contribution in [2.75, 3.05) is 24.3 Å². The third-order valence-corrected chi connectivity index (χ3v) is 0.869. The Morgan fingerprint density at radius 1 is 1.90 bits per heavy atom. The first kappa shape index (κ1) is 6.81. The van der Waals surface area contributed by atoms with Crippen LogP contribution < -0.4 is 16.0 Å². The Morgan fingerprint density at radius 3 is 3.20 bits per heavy atom. The Labute approximate surface area is 57.2 Å². The zero-order valence-electron chi connectivity index (χ0n) is 5.32. The smallest absolute Gasteiger partial charge is 0.296 e. The highest BCUT2D eigenvalue weighted by molar-refractivity contribution is 5.11. The standard InChI is InChI=1S/C4H9N4O2/c5-4-3-8(7-10-4)6-1-2-9/h3,9H,1-2,5H2,(H,6,7)/q+1. The molecule has 0 saturated heterocycles. The molecule has 1 aromatic heterocycles. The van der Waals surface area contributed by atoms with E-state index in [9.17, 15) is 0 Å². The summed E-state index contributed by atoms with van der Waals surface area (Å²) in [7, 11) is 0. The fraction of sp³-hybridized carbons (Fsp3) is 0.500. The summed E-state index contributed by atoms with van der Waals surface area (Å²) in [4.78, 5) is 1.30. The van der Waals surface area contributed by atoms with Crippen molar-refractivity contribution in [1.29, 1.82) is 0 Å². The number of hydrogen-bond donors (Lipinski definition) is 3. The maximum Gasteiger partial charge on any atom is 0.296 e. The van der Waals surface area contributed by atoms with E-state index in [1.807, 2.05) is 0 Å². The minimum absolute atomic E-state index is 0.0414. The number of aliphatic hydroxyl groups is 1. The van der Waals surface area contributed by atoms with Crippen LogP contribution in [0.3, 0.4) is 0 Å². The van der Waals surface area contributed by atoms with E-state index in [0.717, 1.165) is 0 Å². The van der Waals surface area contributed by atoms with Gasteiger partial charge in [0.2, 0.25) is 5.27 Å². The van der Waals surface area contributed by atoms with Crippen LogP contribution in [-0.2, 0) is 0 Å². The number of nitrogen functional groups attached to an aromatic ring is 1. The molecule has 0 amide bonds. The highest BCUT2D eigenvalue weighted by Gasteiger charge is 2.05. The Balaban J connectivity index is 2.42. The zero-order chi connectivity index (χ0) is 7.40. The van der Waals surface area contributed by atoms with Gasteiger partial charge in [-0.05, 0) is 0 Å². The van der Waals surface area contributed by atoms with E-state index in [0.29, 0.717) is 6.54 Å². The van der Waals surface area contributed by atoms with E-state index < -0.39 is 0 Å². The first-order valence-corrected chi connectivity index (χ1v) is 2.82. The van der Waals surface area contributed by atoms with E-state index >= 15 is 0 Å². The lowest BCUT2D eigenvalue weighted by Crippen LogP contribution is -2.47. The fourth-order valence-corrected chi connectivity index (χ4v) is 0.498. The highest BCUT2D eigenvalue weighted by Crippen LogP contribution is 1.87. The molecule has 0 atom stereocenters. The monoisotopic (exact) mass is 145 g/mol. The number of hydrogen-bond acceptors (Lipinski definition) is 5. The Morgan fingerprint density at radius 2 is 2.70 bits per heavy atom. The van der Waals surface area contributed by atoms with Gasteiger partial charge in [0, 0.05) is 0 Å². The molecule has 0 radical (unpaired) electrons. The van der Waals surface area contributed by atoms with Gasteiger partial charge in [-0.25, -0.2) is 0 Å². The number of nitrogens with one attached hydrogen (secondary N) is 1. The van der Waals surface area contributed by atoms with E-state index in [1.165, 1.54) is 11.0 Å². The van der Waals surface area contributed by atoms with E-state index in [-0.39, 0.29) is 12.5 Å². The molecule has 4 N–H and O–H groups in total. The van der Waals surface area contributed by atoms with Crippen molar-refractivity contribution in [2.24, 2.45) is 0 Å². The number of rotatable bonds is 3. The van der Waals surface area contributed by atoms with Crippen LogP contribution in [0.5, 0.6) is 0 Å². The van der Waals surface area contributed by atoms with Crippen molar-refractivity contribution < 1.29 is 14.4 Å². The summed E-state index contributed by atoms with van der Waals surface area (Å²) in [5.41, 5.74) is 7.89. The molecule has 0 unspecified atom stereocenters. The van der Waals surface area contributed by atoms with Gasteiger partial charge in [0.05, 0.1) is 17.9 Å².